The van der Waals surface area contributed by atoms with Crippen LogP contribution in [0.1, 0.15) is 43.7 Å². The van der Waals surface area contributed by atoms with E-state index in [0.29, 0.717) is 6.54 Å². The molecule has 1 aromatic carbocycles. The van der Waals surface area contributed by atoms with Gasteiger partial charge in [-0.25, -0.2) is 0 Å². The molecule has 2 aliphatic heterocycles. The zero-order valence-corrected chi connectivity index (χ0v) is 15.8. The standard InChI is InChI=1S/C21H29N3O2/c1-22-11-6-10-21(26,15-22)13-20(25)24-12-5-9-19(24)17-14-23(2)18-8-4-3-7-16(17)18/h3-4,7-8,14,19,26H,5-6,9-13,15H2,1-2H3. The minimum absolute atomic E-state index is 0.0956. The number of amides is 1. The summed E-state index contributed by atoms with van der Waals surface area (Å²) in [4.78, 5) is 17.2. The van der Waals surface area contributed by atoms with Crippen molar-refractivity contribution in [3.05, 3.63) is 36.0 Å². The molecule has 0 aliphatic carbocycles. The Balaban J connectivity index is 1.57. The molecule has 0 saturated carbocycles. The van der Waals surface area contributed by atoms with E-state index in [0.717, 1.165) is 38.8 Å². The van der Waals surface area contributed by atoms with Gasteiger partial charge in [-0.2, -0.15) is 0 Å². The first-order valence-corrected chi connectivity index (χ1v) is 9.71. The summed E-state index contributed by atoms with van der Waals surface area (Å²) in [7, 11) is 4.08. The van der Waals surface area contributed by atoms with Crippen LogP contribution in [0.25, 0.3) is 10.9 Å². The maximum atomic E-state index is 13.1. The first-order valence-electron chi connectivity index (χ1n) is 9.71. The Morgan fingerprint density at radius 1 is 1.23 bits per heavy atom. The average Bonchev–Trinajstić information content (AvgIpc) is 3.19. The summed E-state index contributed by atoms with van der Waals surface area (Å²) >= 11 is 0. The van der Waals surface area contributed by atoms with E-state index in [2.05, 4.69) is 47.0 Å². The summed E-state index contributed by atoms with van der Waals surface area (Å²) in [6, 6.07) is 8.51. The van der Waals surface area contributed by atoms with Crippen molar-refractivity contribution < 1.29 is 9.90 Å². The number of carbonyl (C=O) groups excluding carboxylic acids is 1. The van der Waals surface area contributed by atoms with E-state index in [1.807, 2.05) is 11.9 Å². The molecule has 1 amide bonds. The summed E-state index contributed by atoms with van der Waals surface area (Å²) in [6.07, 6.45) is 6.10. The fraction of sp³-hybridized carbons (Fsp3) is 0.571. The Labute approximate surface area is 155 Å². The van der Waals surface area contributed by atoms with Gasteiger partial charge in [0.05, 0.1) is 18.1 Å². The van der Waals surface area contributed by atoms with Crippen LogP contribution in [-0.2, 0) is 11.8 Å². The summed E-state index contributed by atoms with van der Waals surface area (Å²) < 4.78 is 2.15. The number of para-hydroxylation sites is 1. The van der Waals surface area contributed by atoms with Gasteiger partial charge in [-0.3, -0.25) is 4.79 Å². The van der Waals surface area contributed by atoms with Crippen molar-refractivity contribution in [2.45, 2.75) is 43.7 Å². The first-order chi connectivity index (χ1) is 12.5. The van der Waals surface area contributed by atoms with Crippen LogP contribution in [0.4, 0.5) is 0 Å². The molecule has 0 spiro atoms. The number of benzene rings is 1. The number of likely N-dealkylation sites (tertiary alicyclic amines) is 2. The zero-order valence-electron chi connectivity index (χ0n) is 15.8. The quantitative estimate of drug-likeness (QED) is 0.921. The summed E-state index contributed by atoms with van der Waals surface area (Å²) in [5, 5.41) is 12.1. The molecule has 4 rings (SSSR count). The second-order valence-electron chi connectivity index (χ2n) is 8.20. The van der Waals surface area contributed by atoms with Crippen molar-refractivity contribution >= 4 is 16.8 Å². The maximum Gasteiger partial charge on any atom is 0.226 e. The van der Waals surface area contributed by atoms with Gasteiger partial charge in [0.1, 0.15) is 0 Å². The van der Waals surface area contributed by atoms with Crippen molar-refractivity contribution in [3.63, 3.8) is 0 Å². The predicted molar refractivity (Wildman–Crippen MR) is 103 cm³/mol. The lowest BCUT2D eigenvalue weighted by Gasteiger charge is -2.38. The van der Waals surface area contributed by atoms with Gasteiger partial charge in [-0.05, 0) is 45.3 Å². The molecular formula is C21H29N3O2. The Bertz CT molecular complexity index is 815. The molecule has 0 radical (unpaired) electrons. The second kappa shape index (κ2) is 6.71. The van der Waals surface area contributed by atoms with Gasteiger partial charge >= 0.3 is 0 Å². The van der Waals surface area contributed by atoms with Crippen molar-refractivity contribution in [1.29, 1.82) is 0 Å². The monoisotopic (exact) mass is 355 g/mol. The fourth-order valence-electron chi connectivity index (χ4n) is 4.89. The molecule has 2 unspecified atom stereocenters. The minimum Gasteiger partial charge on any atom is -0.388 e. The van der Waals surface area contributed by atoms with Gasteiger partial charge in [0, 0.05) is 42.8 Å². The number of piperidine rings is 1. The molecule has 2 aliphatic rings. The fourth-order valence-corrected chi connectivity index (χ4v) is 4.89. The van der Waals surface area contributed by atoms with Gasteiger partial charge in [0.2, 0.25) is 5.91 Å². The molecule has 2 atom stereocenters. The van der Waals surface area contributed by atoms with Crippen LogP contribution in [0.3, 0.4) is 0 Å². The highest BCUT2D eigenvalue weighted by Crippen LogP contribution is 2.38. The third-order valence-corrected chi connectivity index (χ3v) is 6.09. The van der Waals surface area contributed by atoms with Crippen LogP contribution >= 0.6 is 0 Å². The van der Waals surface area contributed by atoms with Gasteiger partial charge < -0.3 is 19.5 Å². The Hall–Kier alpha value is -1.85. The molecule has 3 heterocycles. The van der Waals surface area contributed by atoms with Crippen LogP contribution in [0.15, 0.2) is 30.5 Å². The van der Waals surface area contributed by atoms with Gasteiger partial charge in [0.15, 0.2) is 0 Å². The van der Waals surface area contributed by atoms with Crippen LogP contribution in [0.5, 0.6) is 0 Å². The van der Waals surface area contributed by atoms with E-state index in [-0.39, 0.29) is 18.4 Å². The molecule has 1 aromatic heterocycles. The number of β-amino-alcohol motifs (C(OH)–C–C–N with tert-alkyl or cyclic N) is 1. The van der Waals surface area contributed by atoms with Gasteiger partial charge in [0.25, 0.3) is 0 Å². The van der Waals surface area contributed by atoms with Crippen molar-refractivity contribution in [2.75, 3.05) is 26.7 Å². The van der Waals surface area contributed by atoms with E-state index in [1.165, 1.54) is 16.5 Å². The summed E-state index contributed by atoms with van der Waals surface area (Å²) in [5.74, 6) is 0.0956. The molecule has 2 saturated heterocycles. The lowest BCUT2D eigenvalue weighted by Crippen LogP contribution is -2.49. The van der Waals surface area contributed by atoms with E-state index in [9.17, 15) is 9.90 Å². The van der Waals surface area contributed by atoms with Crippen LogP contribution in [-0.4, -0.2) is 57.7 Å². The number of carbonyl (C=O) groups is 1. The highest BCUT2D eigenvalue weighted by molar-refractivity contribution is 5.86. The first kappa shape index (κ1) is 17.6. The van der Waals surface area contributed by atoms with Crippen LogP contribution < -0.4 is 0 Å². The second-order valence-corrected chi connectivity index (χ2v) is 8.20. The molecule has 0 bridgehead atoms. The molecule has 26 heavy (non-hydrogen) atoms. The SMILES string of the molecule is CN1CCCC(O)(CC(=O)N2CCCC2c2cn(C)c3ccccc23)C1. The molecule has 140 valence electrons. The van der Waals surface area contributed by atoms with Crippen molar-refractivity contribution in [1.82, 2.24) is 14.4 Å². The van der Waals surface area contributed by atoms with E-state index in [1.54, 1.807) is 0 Å². The molecule has 2 aromatic rings. The average molecular weight is 355 g/mol. The largest absolute Gasteiger partial charge is 0.388 e. The molecular weight excluding hydrogens is 326 g/mol. The minimum atomic E-state index is -0.879. The molecule has 1 N–H and O–H groups in total. The van der Waals surface area contributed by atoms with Gasteiger partial charge in [-0.15, -0.1) is 0 Å². The topological polar surface area (TPSA) is 48.7 Å². The van der Waals surface area contributed by atoms with E-state index in [4.69, 9.17) is 0 Å². The summed E-state index contributed by atoms with van der Waals surface area (Å²) in [5.41, 5.74) is 1.56. The summed E-state index contributed by atoms with van der Waals surface area (Å²) in [6.45, 7) is 2.38. The highest BCUT2D eigenvalue weighted by Gasteiger charge is 2.39. The number of aromatic nitrogens is 1. The predicted octanol–water partition coefficient (Wildman–Crippen LogP) is 2.69. The maximum absolute atomic E-state index is 13.1. The molecule has 2 fully saturated rings. The Morgan fingerprint density at radius 2 is 2.04 bits per heavy atom. The van der Waals surface area contributed by atoms with E-state index >= 15 is 0 Å². The highest BCUT2D eigenvalue weighted by atomic mass is 16.3. The lowest BCUT2D eigenvalue weighted by atomic mass is 9.89. The number of hydrogen-bond donors (Lipinski definition) is 1. The van der Waals surface area contributed by atoms with Crippen LogP contribution in [0, 0.1) is 0 Å². The van der Waals surface area contributed by atoms with Crippen molar-refractivity contribution in [2.24, 2.45) is 7.05 Å². The number of nitrogens with zero attached hydrogens (tertiary/aromatic N) is 3. The third-order valence-electron chi connectivity index (χ3n) is 6.09. The van der Waals surface area contributed by atoms with Crippen molar-refractivity contribution in [3.8, 4) is 0 Å². The molecule has 5 nitrogen and oxygen atoms in total. The third kappa shape index (κ3) is 3.14. The smallest absolute Gasteiger partial charge is 0.226 e. The Morgan fingerprint density at radius 3 is 2.85 bits per heavy atom. The zero-order chi connectivity index (χ0) is 18.3. The number of likely N-dealkylation sites (N-methyl/N-ethyl adjacent to an activating group) is 1. The van der Waals surface area contributed by atoms with Crippen LogP contribution in [0.2, 0.25) is 0 Å². The van der Waals surface area contributed by atoms with Gasteiger partial charge in [-0.1, -0.05) is 18.2 Å². The Kier molecular flexibility index (Phi) is 4.53. The normalized spacial score (nSPS) is 27.3. The number of aryl methyl sites for hydroxylation is 1. The van der Waals surface area contributed by atoms with E-state index < -0.39 is 5.60 Å². The number of hydrogen-bond acceptors (Lipinski definition) is 3. The lowest BCUT2D eigenvalue weighted by molar-refractivity contribution is -0.139. The number of aliphatic hydroxyl groups is 1. The number of rotatable bonds is 3. The number of fused-ring (bicyclic) bond motifs is 1. The molecule has 5 heteroatoms.